The van der Waals surface area contributed by atoms with Crippen molar-refractivity contribution >= 4 is 18.0 Å². The van der Waals surface area contributed by atoms with Crippen LogP contribution in [0.4, 0.5) is 0 Å². The van der Waals surface area contributed by atoms with E-state index in [4.69, 9.17) is 9.84 Å². The van der Waals surface area contributed by atoms with Gasteiger partial charge in [0.2, 0.25) is 0 Å². The molecular weight excluding hydrogens is 258 g/mol. The van der Waals surface area contributed by atoms with Gasteiger partial charge in [-0.2, -0.15) is 0 Å². The molecule has 0 aliphatic carbocycles. The van der Waals surface area contributed by atoms with Gasteiger partial charge >= 0.3 is 5.97 Å². The monoisotopic (exact) mass is 277 g/mol. The molecule has 1 atom stereocenters. The van der Waals surface area contributed by atoms with Crippen molar-refractivity contribution in [1.82, 2.24) is 5.32 Å². The van der Waals surface area contributed by atoms with Gasteiger partial charge in [-0.05, 0) is 29.7 Å². The maximum absolute atomic E-state index is 12.0. The summed E-state index contributed by atoms with van der Waals surface area (Å²) in [6, 6.07) is 6.79. The first-order chi connectivity index (χ1) is 9.52. The molecule has 1 unspecified atom stereocenters. The Hall–Kier alpha value is -2.14. The van der Waals surface area contributed by atoms with Crippen molar-refractivity contribution < 1.29 is 19.4 Å². The minimum atomic E-state index is -1.02. The summed E-state index contributed by atoms with van der Waals surface area (Å²) < 4.78 is 5.00. The molecule has 20 heavy (non-hydrogen) atoms. The fraction of sp³-hybridized carbons (Fsp3) is 0.333. The third kappa shape index (κ3) is 5.67. The van der Waals surface area contributed by atoms with Gasteiger partial charge in [-0.25, -0.2) is 4.79 Å². The number of carbonyl (C=O) groups is 2. The lowest BCUT2D eigenvalue weighted by Gasteiger charge is -2.11. The highest BCUT2D eigenvalue weighted by Gasteiger charge is 2.08. The van der Waals surface area contributed by atoms with Crippen LogP contribution in [0.15, 0.2) is 30.3 Å². The van der Waals surface area contributed by atoms with Gasteiger partial charge in [0.05, 0.1) is 6.61 Å². The highest BCUT2D eigenvalue weighted by molar-refractivity contribution is 5.95. The number of carboxylic acids is 1. The molecule has 0 aliphatic rings. The number of benzene rings is 1. The van der Waals surface area contributed by atoms with E-state index in [-0.39, 0.29) is 11.8 Å². The third-order valence-electron chi connectivity index (χ3n) is 2.63. The lowest BCUT2D eigenvalue weighted by atomic mass is 10.1. The molecular formula is C15H19NO4. The number of methoxy groups -OCH3 is 1. The quantitative estimate of drug-likeness (QED) is 0.745. The van der Waals surface area contributed by atoms with Crippen LogP contribution in [0.2, 0.25) is 0 Å². The first-order valence-corrected chi connectivity index (χ1v) is 6.31. The first kappa shape index (κ1) is 15.9. The molecule has 0 bridgehead atoms. The smallest absolute Gasteiger partial charge is 0.328 e. The van der Waals surface area contributed by atoms with Gasteiger partial charge in [0.15, 0.2) is 0 Å². The van der Waals surface area contributed by atoms with E-state index in [1.165, 1.54) is 6.08 Å². The largest absolute Gasteiger partial charge is 0.478 e. The predicted molar refractivity (Wildman–Crippen MR) is 76.5 cm³/mol. The van der Waals surface area contributed by atoms with E-state index in [0.717, 1.165) is 6.08 Å². The van der Waals surface area contributed by atoms with Crippen molar-refractivity contribution in [3.8, 4) is 0 Å². The second-order valence-corrected chi connectivity index (χ2v) is 4.57. The molecule has 0 saturated carbocycles. The number of aliphatic carboxylic acids is 1. The maximum Gasteiger partial charge on any atom is 0.328 e. The van der Waals surface area contributed by atoms with Crippen LogP contribution in [0, 0.1) is 5.92 Å². The van der Waals surface area contributed by atoms with Gasteiger partial charge in [0.1, 0.15) is 0 Å². The van der Waals surface area contributed by atoms with Gasteiger partial charge in [0.25, 0.3) is 5.91 Å². The number of carboxylic acid groups (broad SMARTS) is 1. The molecule has 5 nitrogen and oxygen atoms in total. The number of hydrogen-bond acceptors (Lipinski definition) is 3. The van der Waals surface area contributed by atoms with E-state index in [1.54, 1.807) is 31.4 Å². The Morgan fingerprint density at radius 1 is 1.45 bits per heavy atom. The molecule has 1 amide bonds. The Kier molecular flexibility index (Phi) is 6.46. The van der Waals surface area contributed by atoms with Crippen LogP contribution in [-0.4, -0.2) is 37.2 Å². The topological polar surface area (TPSA) is 75.6 Å². The Morgan fingerprint density at radius 3 is 2.85 bits per heavy atom. The molecule has 2 N–H and O–H groups in total. The van der Waals surface area contributed by atoms with Crippen LogP contribution >= 0.6 is 0 Å². The Balaban J connectivity index is 2.64. The van der Waals surface area contributed by atoms with E-state index in [0.29, 0.717) is 24.3 Å². The van der Waals surface area contributed by atoms with Gasteiger partial charge in [-0.3, -0.25) is 4.79 Å². The van der Waals surface area contributed by atoms with Crippen LogP contribution in [0.25, 0.3) is 6.08 Å². The lowest BCUT2D eigenvalue weighted by molar-refractivity contribution is -0.131. The van der Waals surface area contributed by atoms with E-state index < -0.39 is 5.97 Å². The van der Waals surface area contributed by atoms with Gasteiger partial charge < -0.3 is 15.2 Å². The summed E-state index contributed by atoms with van der Waals surface area (Å²) >= 11 is 0. The van der Waals surface area contributed by atoms with E-state index >= 15 is 0 Å². The van der Waals surface area contributed by atoms with Gasteiger partial charge in [-0.15, -0.1) is 0 Å². The lowest BCUT2D eigenvalue weighted by Crippen LogP contribution is -2.29. The van der Waals surface area contributed by atoms with Crippen molar-refractivity contribution in [2.45, 2.75) is 6.92 Å². The minimum absolute atomic E-state index is 0.182. The zero-order chi connectivity index (χ0) is 15.0. The van der Waals surface area contributed by atoms with E-state index in [9.17, 15) is 9.59 Å². The SMILES string of the molecule is COCC(C)CNC(=O)c1cccc(C=CC(=O)O)c1. The number of carbonyl (C=O) groups excluding carboxylic acids is 1. The molecule has 1 aromatic rings. The summed E-state index contributed by atoms with van der Waals surface area (Å²) in [6.07, 6.45) is 2.49. The molecule has 0 spiro atoms. The fourth-order valence-corrected chi connectivity index (χ4v) is 1.66. The number of ether oxygens (including phenoxy) is 1. The average Bonchev–Trinajstić information content (AvgIpc) is 2.43. The van der Waals surface area contributed by atoms with E-state index in [1.807, 2.05) is 6.92 Å². The van der Waals surface area contributed by atoms with Crippen LogP contribution in [-0.2, 0) is 9.53 Å². The normalized spacial score (nSPS) is 12.3. The molecule has 0 heterocycles. The molecule has 0 saturated heterocycles. The van der Waals surface area contributed by atoms with E-state index in [2.05, 4.69) is 5.32 Å². The average molecular weight is 277 g/mol. The molecule has 108 valence electrons. The summed E-state index contributed by atoms with van der Waals surface area (Å²) in [5.74, 6) is -0.967. The van der Waals surface area contributed by atoms with Crippen molar-refractivity contribution in [2.24, 2.45) is 5.92 Å². The van der Waals surface area contributed by atoms with Gasteiger partial charge in [-0.1, -0.05) is 19.1 Å². The van der Waals surface area contributed by atoms with Crippen LogP contribution in [0.3, 0.4) is 0 Å². The standard InChI is InChI=1S/C15H19NO4/c1-11(10-20-2)9-16-15(19)13-5-3-4-12(8-13)6-7-14(17)18/h3-8,11H,9-10H2,1-2H3,(H,16,19)(H,17,18). The summed E-state index contributed by atoms with van der Waals surface area (Å²) in [6.45, 7) is 3.10. The maximum atomic E-state index is 12.0. The Labute approximate surface area is 118 Å². The first-order valence-electron chi connectivity index (χ1n) is 6.31. The molecule has 0 aliphatic heterocycles. The summed E-state index contributed by atoms with van der Waals surface area (Å²) in [4.78, 5) is 22.4. The van der Waals surface area contributed by atoms with Crippen LogP contribution in [0.1, 0.15) is 22.8 Å². The molecule has 0 aromatic heterocycles. The van der Waals surface area contributed by atoms with Crippen molar-refractivity contribution in [1.29, 1.82) is 0 Å². The second-order valence-electron chi connectivity index (χ2n) is 4.57. The molecule has 5 heteroatoms. The summed E-state index contributed by atoms with van der Waals surface area (Å²) in [7, 11) is 1.62. The second kappa shape index (κ2) is 8.12. The molecule has 1 rings (SSSR count). The van der Waals surface area contributed by atoms with Crippen molar-refractivity contribution in [3.63, 3.8) is 0 Å². The third-order valence-corrected chi connectivity index (χ3v) is 2.63. The number of amides is 1. The zero-order valence-electron chi connectivity index (χ0n) is 11.6. The highest BCUT2D eigenvalue weighted by Crippen LogP contribution is 2.07. The molecule has 0 fully saturated rings. The minimum Gasteiger partial charge on any atom is -0.478 e. The number of rotatable bonds is 7. The number of nitrogens with one attached hydrogen (secondary N) is 1. The van der Waals surface area contributed by atoms with Crippen molar-refractivity contribution in [2.75, 3.05) is 20.3 Å². The molecule has 1 aromatic carbocycles. The summed E-state index contributed by atoms with van der Waals surface area (Å²) in [5, 5.41) is 11.4. The van der Waals surface area contributed by atoms with Crippen LogP contribution in [0.5, 0.6) is 0 Å². The van der Waals surface area contributed by atoms with Gasteiger partial charge in [0, 0.05) is 25.3 Å². The Morgan fingerprint density at radius 2 is 2.20 bits per heavy atom. The molecule has 0 radical (unpaired) electrons. The number of hydrogen-bond donors (Lipinski definition) is 2. The Bertz CT molecular complexity index is 496. The zero-order valence-corrected chi connectivity index (χ0v) is 11.6. The summed E-state index contributed by atoms with van der Waals surface area (Å²) in [5.41, 5.74) is 1.17. The van der Waals surface area contributed by atoms with Crippen LogP contribution < -0.4 is 5.32 Å². The van der Waals surface area contributed by atoms with Crippen molar-refractivity contribution in [3.05, 3.63) is 41.5 Å². The highest BCUT2D eigenvalue weighted by atomic mass is 16.5. The predicted octanol–water partition coefficient (Wildman–Crippen LogP) is 1.80. The fourth-order valence-electron chi connectivity index (χ4n) is 1.66.